The first kappa shape index (κ1) is 20.3. The fourth-order valence-corrected chi connectivity index (χ4v) is 3.90. The van der Waals surface area contributed by atoms with E-state index in [1.807, 2.05) is 24.3 Å². The predicted molar refractivity (Wildman–Crippen MR) is 110 cm³/mol. The predicted octanol–water partition coefficient (Wildman–Crippen LogP) is 3.31. The Morgan fingerprint density at radius 1 is 1.00 bits per heavy atom. The van der Waals surface area contributed by atoms with Gasteiger partial charge in [0.1, 0.15) is 5.82 Å². The first-order valence-electron chi connectivity index (χ1n) is 10.4. The summed E-state index contributed by atoms with van der Waals surface area (Å²) >= 11 is 0. The van der Waals surface area contributed by atoms with Crippen molar-refractivity contribution in [2.45, 2.75) is 31.3 Å². The van der Waals surface area contributed by atoms with Crippen molar-refractivity contribution in [2.24, 2.45) is 0 Å². The zero-order chi connectivity index (χ0) is 19.9. The molecule has 29 heavy (non-hydrogen) atoms. The first-order chi connectivity index (χ1) is 14.3. The third kappa shape index (κ3) is 6.00. The van der Waals surface area contributed by atoms with Gasteiger partial charge in [-0.3, -0.25) is 4.90 Å². The molecule has 2 saturated heterocycles. The van der Waals surface area contributed by atoms with Crippen molar-refractivity contribution in [3.8, 4) is 0 Å². The fourth-order valence-electron chi connectivity index (χ4n) is 3.90. The van der Waals surface area contributed by atoms with Crippen molar-refractivity contribution >= 4 is 5.69 Å². The van der Waals surface area contributed by atoms with Gasteiger partial charge in [0.05, 0.1) is 38.1 Å². The van der Waals surface area contributed by atoms with Gasteiger partial charge in [-0.25, -0.2) is 4.39 Å². The van der Waals surface area contributed by atoms with E-state index in [1.54, 1.807) is 6.07 Å². The number of likely N-dealkylation sites (tertiary alicyclic amines) is 1. The van der Waals surface area contributed by atoms with Gasteiger partial charge in [0.25, 0.3) is 0 Å². The zero-order valence-corrected chi connectivity index (χ0v) is 16.6. The normalized spacial score (nSPS) is 22.9. The number of hydrogen-bond acceptors (Lipinski definition) is 5. The van der Waals surface area contributed by atoms with E-state index in [4.69, 9.17) is 14.2 Å². The van der Waals surface area contributed by atoms with Crippen LogP contribution in [0.3, 0.4) is 0 Å². The highest BCUT2D eigenvalue weighted by atomic mass is 19.1. The van der Waals surface area contributed by atoms with Gasteiger partial charge in [-0.05, 0) is 30.2 Å². The van der Waals surface area contributed by atoms with Crippen molar-refractivity contribution in [3.63, 3.8) is 0 Å². The molecule has 5 nitrogen and oxygen atoms in total. The molecule has 2 aromatic carbocycles. The molecule has 2 heterocycles. The number of nitrogens with one attached hydrogen (secondary N) is 1. The van der Waals surface area contributed by atoms with E-state index in [-0.39, 0.29) is 24.1 Å². The van der Waals surface area contributed by atoms with Crippen LogP contribution in [0.4, 0.5) is 10.1 Å². The molecule has 0 spiro atoms. The standard InChI is InChI=1S/C23H29FN2O3/c24-19-8-4-9-20(12-19)25-21-16-28-22-13-26(14-23(22)29-17-21)10-5-11-27-15-18-6-2-1-3-7-18/h1-4,6-9,12,21-23,25H,5,10-11,13-17H2/t22-,23-/m0/s1. The maximum Gasteiger partial charge on any atom is 0.125 e. The van der Waals surface area contributed by atoms with E-state index in [0.29, 0.717) is 19.8 Å². The maximum absolute atomic E-state index is 13.4. The van der Waals surface area contributed by atoms with E-state index in [1.165, 1.54) is 17.7 Å². The average molecular weight is 400 g/mol. The van der Waals surface area contributed by atoms with Crippen LogP contribution in [0, 0.1) is 5.82 Å². The van der Waals surface area contributed by atoms with Crippen LogP contribution in [0.25, 0.3) is 0 Å². The lowest BCUT2D eigenvalue weighted by atomic mass is 10.2. The zero-order valence-electron chi connectivity index (χ0n) is 16.6. The maximum atomic E-state index is 13.4. The molecule has 6 heteroatoms. The van der Waals surface area contributed by atoms with Gasteiger partial charge in [-0.1, -0.05) is 36.4 Å². The Morgan fingerprint density at radius 3 is 2.48 bits per heavy atom. The quantitative estimate of drug-likeness (QED) is 0.689. The molecular weight excluding hydrogens is 371 g/mol. The van der Waals surface area contributed by atoms with E-state index in [9.17, 15) is 4.39 Å². The molecule has 2 atom stereocenters. The number of hydrogen-bond donors (Lipinski definition) is 1. The molecule has 1 N–H and O–H groups in total. The molecule has 156 valence electrons. The second-order valence-electron chi connectivity index (χ2n) is 7.75. The molecule has 0 saturated carbocycles. The summed E-state index contributed by atoms with van der Waals surface area (Å²) in [5.74, 6) is -0.245. The summed E-state index contributed by atoms with van der Waals surface area (Å²) in [5, 5.41) is 3.30. The van der Waals surface area contributed by atoms with Crippen LogP contribution < -0.4 is 5.32 Å². The van der Waals surface area contributed by atoms with Crippen molar-refractivity contribution in [3.05, 3.63) is 66.0 Å². The molecular formula is C23H29FN2O3. The summed E-state index contributed by atoms with van der Waals surface area (Å²) in [6.45, 7) is 5.29. The van der Waals surface area contributed by atoms with E-state index in [0.717, 1.165) is 38.3 Å². The van der Waals surface area contributed by atoms with Crippen LogP contribution in [-0.4, -0.2) is 62.6 Å². The van der Waals surface area contributed by atoms with Gasteiger partial charge in [-0.15, -0.1) is 0 Å². The Morgan fingerprint density at radius 2 is 1.76 bits per heavy atom. The highest BCUT2D eigenvalue weighted by molar-refractivity contribution is 5.44. The molecule has 0 aromatic heterocycles. The summed E-state index contributed by atoms with van der Waals surface area (Å²) in [6, 6.07) is 16.8. The number of halogens is 1. The van der Waals surface area contributed by atoms with Crippen molar-refractivity contribution in [1.29, 1.82) is 0 Å². The largest absolute Gasteiger partial charge is 0.378 e. The van der Waals surface area contributed by atoms with Crippen molar-refractivity contribution in [1.82, 2.24) is 4.90 Å². The summed E-state index contributed by atoms with van der Waals surface area (Å²) in [6.07, 6.45) is 1.19. The third-order valence-corrected chi connectivity index (χ3v) is 5.38. The topological polar surface area (TPSA) is 43.0 Å². The minimum atomic E-state index is -0.245. The molecule has 0 radical (unpaired) electrons. The lowest BCUT2D eigenvalue weighted by molar-refractivity contribution is -0.00461. The summed E-state index contributed by atoms with van der Waals surface area (Å²) < 4.78 is 31.3. The monoisotopic (exact) mass is 400 g/mol. The van der Waals surface area contributed by atoms with Gasteiger partial charge < -0.3 is 19.5 Å². The molecule has 2 aromatic rings. The molecule has 0 unspecified atom stereocenters. The van der Waals surface area contributed by atoms with Gasteiger partial charge in [0.2, 0.25) is 0 Å². The molecule has 0 aliphatic carbocycles. The second kappa shape index (κ2) is 10.2. The summed E-state index contributed by atoms with van der Waals surface area (Å²) in [5.41, 5.74) is 1.96. The van der Waals surface area contributed by atoms with Crippen LogP contribution in [0.15, 0.2) is 54.6 Å². The summed E-state index contributed by atoms with van der Waals surface area (Å²) in [4.78, 5) is 2.39. The number of anilines is 1. The van der Waals surface area contributed by atoms with E-state index < -0.39 is 0 Å². The molecule has 2 aliphatic rings. The number of ether oxygens (including phenoxy) is 3. The highest BCUT2D eigenvalue weighted by Gasteiger charge is 2.37. The van der Waals surface area contributed by atoms with Crippen LogP contribution in [0.2, 0.25) is 0 Å². The number of rotatable bonds is 8. The van der Waals surface area contributed by atoms with E-state index in [2.05, 4.69) is 22.3 Å². The smallest absolute Gasteiger partial charge is 0.125 e. The molecule has 2 aliphatic heterocycles. The lowest BCUT2D eigenvalue weighted by Crippen LogP contribution is -2.31. The molecule has 0 amide bonds. The minimum Gasteiger partial charge on any atom is -0.378 e. The van der Waals surface area contributed by atoms with Gasteiger partial charge in [0, 0.05) is 31.9 Å². The van der Waals surface area contributed by atoms with Gasteiger partial charge in [-0.2, -0.15) is 0 Å². The molecule has 0 bridgehead atoms. The number of benzene rings is 2. The van der Waals surface area contributed by atoms with E-state index >= 15 is 0 Å². The van der Waals surface area contributed by atoms with Crippen LogP contribution in [0.1, 0.15) is 12.0 Å². The Labute approximate surface area is 171 Å². The van der Waals surface area contributed by atoms with Crippen molar-refractivity contribution in [2.75, 3.05) is 44.8 Å². The Balaban J connectivity index is 1.14. The fraction of sp³-hybridized carbons (Fsp3) is 0.478. The van der Waals surface area contributed by atoms with Crippen LogP contribution >= 0.6 is 0 Å². The lowest BCUT2D eigenvalue weighted by Gasteiger charge is -2.20. The third-order valence-electron chi connectivity index (χ3n) is 5.38. The average Bonchev–Trinajstić information content (AvgIpc) is 3.03. The minimum absolute atomic E-state index is 0.0298. The van der Waals surface area contributed by atoms with Crippen LogP contribution in [-0.2, 0) is 20.8 Å². The first-order valence-corrected chi connectivity index (χ1v) is 10.4. The molecule has 2 fully saturated rings. The van der Waals surface area contributed by atoms with Gasteiger partial charge in [0.15, 0.2) is 0 Å². The van der Waals surface area contributed by atoms with Crippen molar-refractivity contribution < 1.29 is 18.6 Å². The number of fused-ring (bicyclic) bond motifs is 1. The highest BCUT2D eigenvalue weighted by Crippen LogP contribution is 2.22. The Hall–Kier alpha value is -1.99. The Bertz CT molecular complexity index is 745. The molecule has 4 rings (SSSR count). The SMILES string of the molecule is Fc1cccc(NC2CO[C@H]3CN(CCCOCc4ccccc4)C[C@@H]3OC2)c1. The van der Waals surface area contributed by atoms with Crippen LogP contribution in [0.5, 0.6) is 0 Å². The van der Waals surface area contributed by atoms with Gasteiger partial charge >= 0.3 is 0 Å². The summed E-state index contributed by atoms with van der Waals surface area (Å²) in [7, 11) is 0. The Kier molecular flexibility index (Phi) is 7.11. The second-order valence-corrected chi connectivity index (χ2v) is 7.75. The number of nitrogens with zero attached hydrogens (tertiary/aromatic N) is 1.